The highest BCUT2D eigenvalue weighted by atomic mass is 15.2. The third-order valence-electron chi connectivity index (χ3n) is 5.76. The predicted octanol–water partition coefficient (Wildman–Crippen LogP) is 3.92. The molecule has 1 atom stereocenters. The normalized spacial score (nSPS) is 26.1. The van der Waals surface area contributed by atoms with E-state index in [9.17, 15) is 0 Å². The quantitative estimate of drug-likeness (QED) is 0.906. The maximum absolute atomic E-state index is 3.85. The lowest BCUT2D eigenvalue weighted by atomic mass is 9.85. The van der Waals surface area contributed by atoms with E-state index < -0.39 is 0 Å². The Morgan fingerprint density at radius 3 is 2.81 bits per heavy atom. The van der Waals surface area contributed by atoms with Gasteiger partial charge >= 0.3 is 0 Å². The molecule has 1 aromatic carbocycles. The minimum absolute atomic E-state index is 0.322. The van der Waals surface area contributed by atoms with Crippen molar-refractivity contribution in [3.63, 3.8) is 0 Å². The molecule has 0 radical (unpaired) electrons. The van der Waals surface area contributed by atoms with Crippen molar-refractivity contribution in [3.05, 3.63) is 35.4 Å². The molecule has 1 unspecified atom stereocenters. The number of rotatable bonds is 3. The highest BCUT2D eigenvalue weighted by molar-refractivity contribution is 5.32. The molecule has 116 valence electrons. The van der Waals surface area contributed by atoms with E-state index in [0.717, 1.165) is 0 Å². The van der Waals surface area contributed by atoms with Crippen LogP contribution < -0.4 is 5.32 Å². The van der Waals surface area contributed by atoms with Crippen LogP contribution in [0.25, 0.3) is 0 Å². The molecule has 1 aliphatic carbocycles. The molecule has 0 saturated carbocycles. The van der Waals surface area contributed by atoms with Crippen molar-refractivity contribution in [3.8, 4) is 0 Å². The van der Waals surface area contributed by atoms with E-state index in [2.05, 4.69) is 48.3 Å². The fraction of sp³-hybridized carbons (Fsp3) is 0.684. The second-order valence-electron chi connectivity index (χ2n) is 6.85. The van der Waals surface area contributed by atoms with E-state index in [1.54, 1.807) is 11.1 Å². The standard InChI is InChI=1S/C19H30N2/c1-3-19(4-2)15-21(14-8-13-20-19)18-12-7-10-16-9-5-6-11-17(16)18/h5-6,9,11,18,20H,3-4,7-8,10,12-15H2,1-2H3. The number of hydrogen-bond donors (Lipinski definition) is 1. The third-order valence-corrected chi connectivity index (χ3v) is 5.76. The Hall–Kier alpha value is -0.860. The first-order valence-electron chi connectivity index (χ1n) is 8.85. The summed E-state index contributed by atoms with van der Waals surface area (Å²) in [5.41, 5.74) is 3.51. The van der Waals surface area contributed by atoms with Crippen LogP contribution in [0.15, 0.2) is 24.3 Å². The predicted molar refractivity (Wildman–Crippen MR) is 89.6 cm³/mol. The van der Waals surface area contributed by atoms with Crippen LogP contribution in [0.3, 0.4) is 0 Å². The third kappa shape index (κ3) is 3.02. The van der Waals surface area contributed by atoms with Gasteiger partial charge in [0.25, 0.3) is 0 Å². The molecule has 1 aromatic rings. The average Bonchev–Trinajstić information content (AvgIpc) is 2.77. The lowest BCUT2D eigenvalue weighted by Gasteiger charge is -2.41. The van der Waals surface area contributed by atoms with Gasteiger partial charge in [-0.05, 0) is 56.2 Å². The van der Waals surface area contributed by atoms with E-state index >= 15 is 0 Å². The molecule has 0 aromatic heterocycles. The maximum Gasteiger partial charge on any atom is 0.0351 e. The molecule has 0 bridgehead atoms. The number of nitrogens with zero attached hydrogens (tertiary/aromatic N) is 1. The Kier molecular flexibility index (Phi) is 4.66. The van der Waals surface area contributed by atoms with Gasteiger partial charge in [-0.15, -0.1) is 0 Å². The van der Waals surface area contributed by atoms with Crippen molar-refractivity contribution in [1.29, 1.82) is 0 Å². The summed E-state index contributed by atoms with van der Waals surface area (Å²) in [6.07, 6.45) is 7.69. The smallest absolute Gasteiger partial charge is 0.0351 e. The highest BCUT2D eigenvalue weighted by Crippen LogP contribution is 2.36. The van der Waals surface area contributed by atoms with Crippen molar-refractivity contribution >= 4 is 0 Å². The summed E-state index contributed by atoms with van der Waals surface area (Å²) in [6, 6.07) is 9.78. The summed E-state index contributed by atoms with van der Waals surface area (Å²) in [7, 11) is 0. The molecule has 2 nitrogen and oxygen atoms in total. The number of fused-ring (bicyclic) bond motifs is 1. The van der Waals surface area contributed by atoms with Crippen LogP contribution in [-0.4, -0.2) is 30.1 Å². The van der Waals surface area contributed by atoms with E-state index in [1.807, 2.05) is 0 Å². The summed E-state index contributed by atoms with van der Waals surface area (Å²) in [5.74, 6) is 0. The van der Waals surface area contributed by atoms with Crippen molar-refractivity contribution in [2.45, 2.75) is 64.0 Å². The van der Waals surface area contributed by atoms with E-state index in [1.165, 1.54) is 58.2 Å². The second kappa shape index (κ2) is 6.50. The van der Waals surface area contributed by atoms with Gasteiger partial charge in [0.15, 0.2) is 0 Å². The van der Waals surface area contributed by atoms with E-state index in [0.29, 0.717) is 11.6 Å². The van der Waals surface area contributed by atoms with Gasteiger partial charge in [0, 0.05) is 24.7 Å². The molecule has 3 rings (SSSR count). The summed E-state index contributed by atoms with van der Waals surface area (Å²) in [4.78, 5) is 2.78. The zero-order valence-electron chi connectivity index (χ0n) is 13.7. The molecule has 1 N–H and O–H groups in total. The summed E-state index contributed by atoms with van der Waals surface area (Å²) < 4.78 is 0. The second-order valence-corrected chi connectivity index (χ2v) is 6.85. The highest BCUT2D eigenvalue weighted by Gasteiger charge is 2.34. The Morgan fingerprint density at radius 1 is 1.19 bits per heavy atom. The maximum atomic E-state index is 3.85. The van der Waals surface area contributed by atoms with Crippen LogP contribution in [0, 0.1) is 0 Å². The Balaban J connectivity index is 1.86. The zero-order valence-corrected chi connectivity index (χ0v) is 13.7. The van der Waals surface area contributed by atoms with Crippen LogP contribution in [0.2, 0.25) is 0 Å². The average molecular weight is 286 g/mol. The van der Waals surface area contributed by atoms with Crippen molar-refractivity contribution in [1.82, 2.24) is 10.2 Å². The minimum Gasteiger partial charge on any atom is -0.310 e. The molecule has 1 saturated heterocycles. The molecule has 2 aliphatic rings. The largest absolute Gasteiger partial charge is 0.310 e. The van der Waals surface area contributed by atoms with Crippen LogP contribution in [0.5, 0.6) is 0 Å². The van der Waals surface area contributed by atoms with E-state index in [4.69, 9.17) is 0 Å². The molecular formula is C19H30N2. The van der Waals surface area contributed by atoms with Gasteiger partial charge in [-0.2, -0.15) is 0 Å². The van der Waals surface area contributed by atoms with Crippen LogP contribution in [0.4, 0.5) is 0 Å². The molecule has 1 heterocycles. The SMILES string of the molecule is CCC1(CC)CN(C2CCCc3ccccc32)CCCN1. The number of nitrogens with one attached hydrogen (secondary N) is 1. The molecule has 21 heavy (non-hydrogen) atoms. The van der Waals surface area contributed by atoms with Crippen LogP contribution in [0.1, 0.15) is 63.1 Å². The Morgan fingerprint density at radius 2 is 2.00 bits per heavy atom. The summed E-state index contributed by atoms with van der Waals surface area (Å²) in [6.45, 7) is 8.31. The summed E-state index contributed by atoms with van der Waals surface area (Å²) in [5, 5.41) is 3.85. The van der Waals surface area contributed by atoms with Crippen LogP contribution in [-0.2, 0) is 6.42 Å². The van der Waals surface area contributed by atoms with Crippen molar-refractivity contribution in [2.75, 3.05) is 19.6 Å². The van der Waals surface area contributed by atoms with Crippen molar-refractivity contribution in [2.24, 2.45) is 0 Å². The molecule has 1 fully saturated rings. The molecular weight excluding hydrogens is 256 g/mol. The van der Waals surface area contributed by atoms with Gasteiger partial charge in [0.1, 0.15) is 0 Å². The zero-order chi connectivity index (χ0) is 14.7. The molecule has 0 amide bonds. The minimum atomic E-state index is 0.322. The van der Waals surface area contributed by atoms with Gasteiger partial charge in [0.05, 0.1) is 0 Å². The number of aryl methyl sites for hydroxylation is 1. The van der Waals surface area contributed by atoms with Gasteiger partial charge in [0.2, 0.25) is 0 Å². The first-order chi connectivity index (χ1) is 10.3. The fourth-order valence-corrected chi connectivity index (χ4v) is 4.26. The molecule has 2 heteroatoms. The topological polar surface area (TPSA) is 15.3 Å². The Bertz CT molecular complexity index is 464. The lowest BCUT2D eigenvalue weighted by Crippen LogP contribution is -2.51. The lowest BCUT2D eigenvalue weighted by molar-refractivity contribution is 0.136. The van der Waals surface area contributed by atoms with Gasteiger partial charge < -0.3 is 5.32 Å². The first kappa shape index (κ1) is 15.1. The first-order valence-corrected chi connectivity index (χ1v) is 8.85. The van der Waals surface area contributed by atoms with Crippen LogP contribution >= 0.6 is 0 Å². The van der Waals surface area contributed by atoms with Gasteiger partial charge in [-0.3, -0.25) is 4.90 Å². The van der Waals surface area contributed by atoms with E-state index in [-0.39, 0.29) is 0 Å². The van der Waals surface area contributed by atoms with Gasteiger partial charge in [-0.1, -0.05) is 38.1 Å². The number of hydrogen-bond acceptors (Lipinski definition) is 2. The monoisotopic (exact) mass is 286 g/mol. The molecule has 0 spiro atoms. The molecule has 1 aliphatic heterocycles. The Labute approximate surface area is 129 Å². The van der Waals surface area contributed by atoms with Crippen molar-refractivity contribution < 1.29 is 0 Å². The number of benzene rings is 1. The van der Waals surface area contributed by atoms with Gasteiger partial charge in [-0.25, -0.2) is 0 Å². The summed E-state index contributed by atoms with van der Waals surface area (Å²) >= 11 is 0. The fourth-order valence-electron chi connectivity index (χ4n) is 4.26.